The molecule has 0 aliphatic heterocycles. The molecule has 1 rings (SSSR count). The fourth-order valence-electron chi connectivity index (χ4n) is 2.02. The topological polar surface area (TPSA) is 58.6 Å². The maximum atomic E-state index is 12.4. The van der Waals surface area contributed by atoms with Gasteiger partial charge >= 0.3 is 0 Å². The van der Waals surface area contributed by atoms with E-state index in [4.69, 9.17) is 4.74 Å². The molecule has 0 aromatic heterocycles. The van der Waals surface area contributed by atoms with Crippen molar-refractivity contribution in [3.8, 4) is 5.75 Å². The normalized spacial score (nSPS) is 12.6. The zero-order valence-electron chi connectivity index (χ0n) is 14.0. The molecular formula is C18H23BrN2O3. The molecule has 6 heteroatoms. The van der Waals surface area contributed by atoms with E-state index >= 15 is 0 Å². The average Bonchev–Trinajstić information content (AvgIpc) is 2.55. The van der Waals surface area contributed by atoms with Gasteiger partial charge in [-0.15, -0.1) is 13.2 Å². The summed E-state index contributed by atoms with van der Waals surface area (Å²) in [7, 11) is 0. The van der Waals surface area contributed by atoms with Crippen LogP contribution in [0.3, 0.4) is 0 Å². The Morgan fingerprint density at radius 3 is 2.38 bits per heavy atom. The van der Waals surface area contributed by atoms with Gasteiger partial charge < -0.3 is 15.0 Å². The van der Waals surface area contributed by atoms with Crippen LogP contribution in [0, 0.1) is 0 Å². The van der Waals surface area contributed by atoms with Gasteiger partial charge in [-0.25, -0.2) is 0 Å². The van der Waals surface area contributed by atoms with E-state index in [1.54, 1.807) is 37.0 Å². The van der Waals surface area contributed by atoms with Gasteiger partial charge in [0.15, 0.2) is 6.10 Å². The lowest BCUT2D eigenvalue weighted by atomic mass is 10.2. The number of hydrogen-bond donors (Lipinski definition) is 1. The average molecular weight is 395 g/mol. The molecule has 0 saturated heterocycles. The number of benzene rings is 1. The third kappa shape index (κ3) is 5.85. The van der Waals surface area contributed by atoms with Crippen molar-refractivity contribution in [3.05, 3.63) is 54.0 Å². The first-order chi connectivity index (χ1) is 11.4. The van der Waals surface area contributed by atoms with Crippen LogP contribution in [0.15, 0.2) is 54.0 Å². The number of para-hydroxylation sites is 1. The predicted molar refractivity (Wildman–Crippen MR) is 98.8 cm³/mol. The Balaban J connectivity index is 2.64. The molecule has 130 valence electrons. The minimum absolute atomic E-state index is 0.198. The van der Waals surface area contributed by atoms with Crippen molar-refractivity contribution in [2.24, 2.45) is 0 Å². The Morgan fingerprint density at radius 2 is 1.83 bits per heavy atom. The zero-order valence-corrected chi connectivity index (χ0v) is 15.6. The first-order valence-electron chi connectivity index (χ1n) is 7.62. The number of nitrogens with zero attached hydrogens (tertiary/aromatic N) is 1. The minimum atomic E-state index is -0.730. The summed E-state index contributed by atoms with van der Waals surface area (Å²) in [4.78, 5) is 26.2. The van der Waals surface area contributed by atoms with Crippen LogP contribution in [0.2, 0.25) is 0 Å². The highest BCUT2D eigenvalue weighted by Gasteiger charge is 2.24. The van der Waals surface area contributed by atoms with Crippen LogP contribution in [-0.4, -0.2) is 41.9 Å². The van der Waals surface area contributed by atoms with Crippen LogP contribution in [0.5, 0.6) is 5.75 Å². The van der Waals surface area contributed by atoms with Crippen LogP contribution < -0.4 is 10.1 Å². The van der Waals surface area contributed by atoms with Crippen LogP contribution in [0.4, 0.5) is 0 Å². The fraction of sp³-hybridized carbons (Fsp3) is 0.333. The van der Waals surface area contributed by atoms with Gasteiger partial charge in [-0.3, -0.25) is 9.59 Å². The number of carbonyl (C=O) groups is 2. The smallest absolute Gasteiger partial charge is 0.261 e. The molecule has 1 N–H and O–H groups in total. The summed E-state index contributed by atoms with van der Waals surface area (Å²) < 4.78 is 6.39. The van der Waals surface area contributed by atoms with Gasteiger partial charge in [-0.2, -0.15) is 0 Å². The predicted octanol–water partition coefficient (Wildman–Crippen LogP) is 2.92. The van der Waals surface area contributed by atoms with Crippen molar-refractivity contribution in [1.29, 1.82) is 0 Å². The van der Waals surface area contributed by atoms with E-state index < -0.39 is 12.1 Å². The third-order valence-electron chi connectivity index (χ3n) is 3.25. The fourth-order valence-corrected chi connectivity index (χ4v) is 2.40. The molecule has 0 aliphatic carbocycles. The van der Waals surface area contributed by atoms with E-state index in [-0.39, 0.29) is 11.8 Å². The van der Waals surface area contributed by atoms with Gasteiger partial charge in [0.25, 0.3) is 5.91 Å². The lowest BCUT2D eigenvalue weighted by Crippen LogP contribution is -2.50. The number of hydrogen-bond acceptors (Lipinski definition) is 3. The van der Waals surface area contributed by atoms with Crippen molar-refractivity contribution < 1.29 is 14.3 Å². The Kier molecular flexibility index (Phi) is 8.26. The number of rotatable bonds is 9. The summed E-state index contributed by atoms with van der Waals surface area (Å²) in [5.74, 6) is 0.0130. The highest BCUT2D eigenvalue weighted by Crippen LogP contribution is 2.24. The van der Waals surface area contributed by atoms with Crippen molar-refractivity contribution in [2.75, 3.05) is 13.1 Å². The van der Waals surface area contributed by atoms with Gasteiger partial charge in [0.2, 0.25) is 5.91 Å². The lowest BCUT2D eigenvalue weighted by Gasteiger charge is -2.25. The van der Waals surface area contributed by atoms with Gasteiger partial charge in [-0.1, -0.05) is 24.3 Å². The first-order valence-corrected chi connectivity index (χ1v) is 8.42. The number of amides is 2. The van der Waals surface area contributed by atoms with E-state index in [0.29, 0.717) is 18.8 Å². The minimum Gasteiger partial charge on any atom is -0.480 e. The van der Waals surface area contributed by atoms with E-state index in [0.717, 1.165) is 4.47 Å². The quantitative estimate of drug-likeness (QED) is 0.655. The molecule has 2 atom stereocenters. The third-order valence-corrected chi connectivity index (χ3v) is 3.90. The largest absolute Gasteiger partial charge is 0.480 e. The van der Waals surface area contributed by atoms with Crippen molar-refractivity contribution in [2.45, 2.75) is 26.0 Å². The van der Waals surface area contributed by atoms with Crippen molar-refractivity contribution >= 4 is 27.7 Å². The second-order valence-electron chi connectivity index (χ2n) is 5.24. The Bertz CT molecular complexity index is 594. The van der Waals surface area contributed by atoms with E-state index in [1.807, 2.05) is 18.2 Å². The Morgan fingerprint density at radius 1 is 1.25 bits per heavy atom. The molecule has 0 radical (unpaired) electrons. The molecule has 2 unspecified atom stereocenters. The molecule has 1 aromatic rings. The van der Waals surface area contributed by atoms with E-state index in [1.165, 1.54) is 0 Å². The standard InChI is InChI=1S/C18H23BrN2O3/c1-5-11-21(12-6-2)18(23)13(3)20-17(22)14(4)24-16-10-8-7-9-15(16)19/h5-10,13-14H,1-2,11-12H2,3-4H3,(H,20,22). The second kappa shape index (κ2) is 9.93. The van der Waals surface area contributed by atoms with E-state index in [2.05, 4.69) is 34.4 Å². The highest BCUT2D eigenvalue weighted by molar-refractivity contribution is 9.10. The highest BCUT2D eigenvalue weighted by atomic mass is 79.9. The van der Waals surface area contributed by atoms with Gasteiger partial charge in [0.05, 0.1) is 4.47 Å². The first kappa shape index (κ1) is 20.0. The van der Waals surface area contributed by atoms with Crippen LogP contribution in [0.1, 0.15) is 13.8 Å². The number of ether oxygens (including phenoxy) is 1. The SMILES string of the molecule is C=CCN(CC=C)C(=O)C(C)NC(=O)C(C)Oc1ccccc1Br. The summed E-state index contributed by atoms with van der Waals surface area (Å²) in [6.45, 7) is 11.3. The molecule has 0 heterocycles. The molecular weight excluding hydrogens is 372 g/mol. The van der Waals surface area contributed by atoms with Crippen LogP contribution in [-0.2, 0) is 9.59 Å². The lowest BCUT2D eigenvalue weighted by molar-refractivity contribution is -0.137. The zero-order chi connectivity index (χ0) is 18.1. The van der Waals surface area contributed by atoms with Gasteiger partial charge in [0.1, 0.15) is 11.8 Å². The molecule has 0 bridgehead atoms. The summed E-state index contributed by atoms with van der Waals surface area (Å²) in [6, 6.07) is 6.60. The summed E-state index contributed by atoms with van der Waals surface area (Å²) in [5.41, 5.74) is 0. The monoisotopic (exact) mass is 394 g/mol. The molecule has 0 aliphatic rings. The summed E-state index contributed by atoms with van der Waals surface area (Å²) in [6.07, 6.45) is 2.54. The number of carbonyl (C=O) groups excluding carboxylic acids is 2. The van der Waals surface area contributed by atoms with Crippen LogP contribution in [0.25, 0.3) is 0 Å². The van der Waals surface area contributed by atoms with Crippen molar-refractivity contribution in [1.82, 2.24) is 10.2 Å². The maximum Gasteiger partial charge on any atom is 0.261 e. The molecule has 0 saturated carbocycles. The molecule has 0 spiro atoms. The second-order valence-corrected chi connectivity index (χ2v) is 6.10. The number of halogens is 1. The number of nitrogens with one attached hydrogen (secondary N) is 1. The van der Waals surface area contributed by atoms with E-state index in [9.17, 15) is 9.59 Å². The summed E-state index contributed by atoms with van der Waals surface area (Å²) >= 11 is 3.37. The molecule has 0 fully saturated rings. The van der Waals surface area contributed by atoms with Gasteiger partial charge in [-0.05, 0) is 41.9 Å². The molecule has 5 nitrogen and oxygen atoms in total. The summed E-state index contributed by atoms with van der Waals surface area (Å²) in [5, 5.41) is 2.68. The Hall–Kier alpha value is -2.08. The molecule has 24 heavy (non-hydrogen) atoms. The van der Waals surface area contributed by atoms with Crippen LogP contribution >= 0.6 is 15.9 Å². The maximum absolute atomic E-state index is 12.4. The van der Waals surface area contributed by atoms with Gasteiger partial charge in [0, 0.05) is 13.1 Å². The molecule has 1 aromatic carbocycles. The Labute approximate surface area is 151 Å². The molecule has 2 amide bonds. The van der Waals surface area contributed by atoms with Crippen molar-refractivity contribution in [3.63, 3.8) is 0 Å².